The Labute approximate surface area is 155 Å². The van der Waals surface area contributed by atoms with Gasteiger partial charge in [-0.2, -0.15) is 0 Å². The van der Waals surface area contributed by atoms with Crippen LogP contribution < -0.4 is 15.0 Å². The molecule has 2 amide bonds. The van der Waals surface area contributed by atoms with Crippen LogP contribution in [0.1, 0.15) is 36.5 Å². The van der Waals surface area contributed by atoms with E-state index in [1.54, 1.807) is 0 Å². The average molecular weight is 350 g/mol. The average Bonchev–Trinajstić information content (AvgIpc) is 3.00. The quantitative estimate of drug-likeness (QED) is 0.843. The van der Waals surface area contributed by atoms with Crippen molar-refractivity contribution in [1.82, 2.24) is 5.32 Å². The van der Waals surface area contributed by atoms with Gasteiger partial charge in [-0.3, -0.25) is 4.90 Å². The van der Waals surface area contributed by atoms with Crippen molar-refractivity contribution < 1.29 is 9.53 Å². The Hall–Kier alpha value is -2.49. The van der Waals surface area contributed by atoms with Crippen molar-refractivity contribution in [2.45, 2.75) is 45.1 Å². The number of aryl methyl sites for hydroxylation is 2. The van der Waals surface area contributed by atoms with Crippen LogP contribution in [0, 0.1) is 0 Å². The minimum Gasteiger partial charge on any atom is -0.492 e. The second-order valence-electron chi connectivity index (χ2n) is 7.27. The van der Waals surface area contributed by atoms with Crippen LogP contribution in [-0.2, 0) is 19.3 Å². The number of amides is 2. The van der Waals surface area contributed by atoms with Gasteiger partial charge in [-0.05, 0) is 73.9 Å². The second kappa shape index (κ2) is 7.40. The molecule has 0 spiro atoms. The highest BCUT2D eigenvalue weighted by atomic mass is 16.5. The summed E-state index contributed by atoms with van der Waals surface area (Å²) in [6.45, 7) is 3.07. The molecule has 4 heteroatoms. The number of nitrogens with zero attached hydrogens (tertiary/aromatic N) is 1. The van der Waals surface area contributed by atoms with Crippen molar-refractivity contribution in [2.75, 3.05) is 18.1 Å². The standard InChI is InChI=1S/C22H26N2O2/c1-16-14-19-8-4-5-9-21(19)24(16)22(25)23-12-13-26-20-11-10-17-6-2-3-7-18(17)15-20/h4-5,8-11,15-16H,2-3,6-7,12-14H2,1H3,(H,23,25). The summed E-state index contributed by atoms with van der Waals surface area (Å²) in [5, 5.41) is 2.99. The largest absolute Gasteiger partial charge is 0.492 e. The summed E-state index contributed by atoms with van der Waals surface area (Å²) in [5.41, 5.74) is 5.13. The van der Waals surface area contributed by atoms with Gasteiger partial charge < -0.3 is 10.1 Å². The van der Waals surface area contributed by atoms with E-state index in [9.17, 15) is 4.79 Å². The predicted octanol–water partition coefficient (Wildman–Crippen LogP) is 4.11. The molecule has 0 radical (unpaired) electrons. The zero-order chi connectivity index (χ0) is 17.9. The molecule has 1 atom stereocenters. The number of carbonyl (C=O) groups excluding carboxylic acids is 1. The minimum absolute atomic E-state index is 0.0449. The van der Waals surface area contributed by atoms with E-state index < -0.39 is 0 Å². The fraction of sp³-hybridized carbons (Fsp3) is 0.409. The number of hydrogen-bond donors (Lipinski definition) is 1. The van der Waals surface area contributed by atoms with Gasteiger partial charge in [-0.25, -0.2) is 4.79 Å². The van der Waals surface area contributed by atoms with Crippen molar-refractivity contribution in [1.29, 1.82) is 0 Å². The van der Waals surface area contributed by atoms with Crippen LogP contribution in [0.2, 0.25) is 0 Å². The molecule has 1 heterocycles. The first-order valence-electron chi connectivity index (χ1n) is 9.62. The summed E-state index contributed by atoms with van der Waals surface area (Å²) in [7, 11) is 0. The molecule has 0 aromatic heterocycles. The van der Waals surface area contributed by atoms with Gasteiger partial charge in [0.05, 0.1) is 6.54 Å². The number of anilines is 1. The van der Waals surface area contributed by atoms with Crippen LogP contribution in [0.4, 0.5) is 10.5 Å². The summed E-state index contributed by atoms with van der Waals surface area (Å²) >= 11 is 0. The van der Waals surface area contributed by atoms with E-state index in [-0.39, 0.29) is 12.1 Å². The van der Waals surface area contributed by atoms with Crippen LogP contribution in [0.3, 0.4) is 0 Å². The van der Waals surface area contributed by atoms with E-state index in [4.69, 9.17) is 4.74 Å². The Kier molecular flexibility index (Phi) is 4.83. The van der Waals surface area contributed by atoms with Gasteiger partial charge in [0.2, 0.25) is 0 Å². The third-order valence-electron chi connectivity index (χ3n) is 5.39. The number of ether oxygens (including phenoxy) is 1. The third kappa shape index (κ3) is 3.41. The molecular weight excluding hydrogens is 324 g/mol. The molecule has 26 heavy (non-hydrogen) atoms. The van der Waals surface area contributed by atoms with E-state index in [1.165, 1.54) is 36.0 Å². The molecule has 1 aliphatic carbocycles. The van der Waals surface area contributed by atoms with Gasteiger partial charge >= 0.3 is 6.03 Å². The summed E-state index contributed by atoms with van der Waals surface area (Å²) in [6.07, 6.45) is 5.80. The maximum atomic E-state index is 12.6. The van der Waals surface area contributed by atoms with Crippen molar-refractivity contribution in [3.05, 3.63) is 59.2 Å². The van der Waals surface area contributed by atoms with Crippen LogP contribution in [0.15, 0.2) is 42.5 Å². The van der Waals surface area contributed by atoms with Crippen LogP contribution in [0.25, 0.3) is 0 Å². The molecule has 0 fully saturated rings. The van der Waals surface area contributed by atoms with Crippen molar-refractivity contribution in [3.8, 4) is 5.75 Å². The third-order valence-corrected chi connectivity index (χ3v) is 5.39. The zero-order valence-electron chi connectivity index (χ0n) is 15.3. The normalized spacial score (nSPS) is 18.2. The minimum atomic E-state index is -0.0449. The first-order valence-corrected chi connectivity index (χ1v) is 9.62. The Morgan fingerprint density at radius 3 is 2.81 bits per heavy atom. The predicted molar refractivity (Wildman–Crippen MR) is 104 cm³/mol. The molecule has 1 unspecified atom stereocenters. The second-order valence-corrected chi connectivity index (χ2v) is 7.27. The Morgan fingerprint density at radius 1 is 1.12 bits per heavy atom. The lowest BCUT2D eigenvalue weighted by Gasteiger charge is -2.23. The number of para-hydroxylation sites is 1. The van der Waals surface area contributed by atoms with Gasteiger partial charge in [0.15, 0.2) is 0 Å². The van der Waals surface area contributed by atoms with Crippen LogP contribution >= 0.6 is 0 Å². The van der Waals surface area contributed by atoms with Crippen LogP contribution in [0.5, 0.6) is 5.75 Å². The van der Waals surface area contributed by atoms with Crippen LogP contribution in [-0.4, -0.2) is 25.2 Å². The van der Waals surface area contributed by atoms with Gasteiger partial charge in [0, 0.05) is 11.7 Å². The number of rotatable bonds is 4. The number of urea groups is 1. The van der Waals surface area contributed by atoms with E-state index in [2.05, 4.69) is 30.4 Å². The van der Waals surface area contributed by atoms with E-state index in [0.717, 1.165) is 24.3 Å². The maximum absolute atomic E-state index is 12.6. The molecule has 2 aliphatic rings. The summed E-state index contributed by atoms with van der Waals surface area (Å²) < 4.78 is 5.85. The Balaban J connectivity index is 1.29. The molecule has 0 bridgehead atoms. The lowest BCUT2D eigenvalue weighted by Crippen LogP contribution is -2.44. The van der Waals surface area contributed by atoms with E-state index in [1.807, 2.05) is 29.2 Å². The highest BCUT2D eigenvalue weighted by molar-refractivity contribution is 5.94. The molecule has 4 rings (SSSR count). The topological polar surface area (TPSA) is 41.6 Å². The van der Waals surface area contributed by atoms with Gasteiger partial charge in [-0.1, -0.05) is 24.3 Å². The lowest BCUT2D eigenvalue weighted by molar-refractivity contribution is 0.240. The first-order chi connectivity index (χ1) is 12.7. The summed E-state index contributed by atoms with van der Waals surface area (Å²) in [6, 6.07) is 14.7. The van der Waals surface area contributed by atoms with Gasteiger partial charge in [-0.15, -0.1) is 0 Å². The van der Waals surface area contributed by atoms with Crippen molar-refractivity contribution in [3.63, 3.8) is 0 Å². The van der Waals surface area contributed by atoms with Crippen molar-refractivity contribution in [2.24, 2.45) is 0 Å². The summed E-state index contributed by atoms with van der Waals surface area (Å²) in [4.78, 5) is 14.4. The highest BCUT2D eigenvalue weighted by Crippen LogP contribution is 2.31. The van der Waals surface area contributed by atoms with Gasteiger partial charge in [0.1, 0.15) is 12.4 Å². The number of benzene rings is 2. The molecule has 0 saturated carbocycles. The highest BCUT2D eigenvalue weighted by Gasteiger charge is 2.30. The molecule has 1 N–H and O–H groups in total. The molecule has 1 aliphatic heterocycles. The molecule has 136 valence electrons. The van der Waals surface area contributed by atoms with Gasteiger partial charge in [0.25, 0.3) is 0 Å². The molecule has 2 aromatic carbocycles. The fourth-order valence-electron chi connectivity index (χ4n) is 4.09. The fourth-order valence-corrected chi connectivity index (χ4v) is 4.09. The molecule has 0 saturated heterocycles. The number of hydrogen-bond acceptors (Lipinski definition) is 2. The lowest BCUT2D eigenvalue weighted by atomic mass is 9.92. The molecular formula is C22H26N2O2. The van der Waals surface area contributed by atoms with E-state index >= 15 is 0 Å². The maximum Gasteiger partial charge on any atom is 0.322 e. The monoisotopic (exact) mass is 350 g/mol. The van der Waals surface area contributed by atoms with E-state index in [0.29, 0.717) is 13.2 Å². The smallest absolute Gasteiger partial charge is 0.322 e. The molecule has 2 aromatic rings. The van der Waals surface area contributed by atoms with Crippen molar-refractivity contribution >= 4 is 11.7 Å². The Bertz CT molecular complexity index is 802. The number of nitrogens with one attached hydrogen (secondary N) is 1. The first kappa shape index (κ1) is 17.0. The number of carbonyl (C=O) groups is 1. The molecule has 4 nitrogen and oxygen atoms in total. The SMILES string of the molecule is CC1Cc2ccccc2N1C(=O)NCCOc1ccc2c(c1)CCCC2. The Morgan fingerprint density at radius 2 is 1.92 bits per heavy atom. The summed E-state index contributed by atoms with van der Waals surface area (Å²) in [5.74, 6) is 0.903. The number of fused-ring (bicyclic) bond motifs is 2. The zero-order valence-corrected chi connectivity index (χ0v) is 15.3.